The smallest absolute Gasteiger partial charge is 0.0472 e. The number of likely N-dealkylation sites (tertiary alicyclic amines) is 2. The molecule has 3 heteroatoms. The first-order chi connectivity index (χ1) is 9.96. The van der Waals surface area contributed by atoms with Crippen LogP contribution in [0, 0.1) is 5.41 Å². The summed E-state index contributed by atoms with van der Waals surface area (Å²) >= 11 is 0. The lowest BCUT2D eigenvalue weighted by Crippen LogP contribution is -2.77. The molecule has 0 unspecified atom stereocenters. The number of rotatable bonds is 2. The summed E-state index contributed by atoms with van der Waals surface area (Å²) in [5, 5.41) is 3.35. The van der Waals surface area contributed by atoms with Crippen LogP contribution in [-0.4, -0.2) is 60.1 Å². The molecule has 0 amide bonds. The molecule has 4 fully saturated rings. The highest BCUT2D eigenvalue weighted by molar-refractivity contribution is 5.09. The van der Waals surface area contributed by atoms with Gasteiger partial charge in [0, 0.05) is 43.8 Å². The average molecular weight is 293 g/mol. The number of nitrogens with zero attached hydrogens (tertiary/aromatic N) is 2. The lowest BCUT2D eigenvalue weighted by atomic mass is 9.78. The molecule has 122 valence electrons. The first-order valence-corrected chi connectivity index (χ1v) is 9.18. The first kappa shape index (κ1) is 15.8. The third-order valence-corrected chi connectivity index (χ3v) is 6.34. The Bertz CT molecular complexity index is 350. The Morgan fingerprint density at radius 1 is 0.857 bits per heavy atom. The van der Waals surface area contributed by atoms with E-state index in [-0.39, 0.29) is 0 Å². The van der Waals surface area contributed by atoms with E-state index >= 15 is 0 Å². The number of hydrogen-bond acceptors (Lipinski definition) is 3. The highest BCUT2D eigenvalue weighted by atomic mass is 15.3. The van der Waals surface area contributed by atoms with Crippen LogP contribution in [0.4, 0.5) is 0 Å². The quantitative estimate of drug-likeness (QED) is 0.844. The van der Waals surface area contributed by atoms with E-state index in [9.17, 15) is 0 Å². The van der Waals surface area contributed by atoms with Crippen molar-refractivity contribution in [1.82, 2.24) is 15.1 Å². The minimum absolute atomic E-state index is 0.605. The second-order valence-corrected chi connectivity index (χ2v) is 8.53. The summed E-state index contributed by atoms with van der Waals surface area (Å²) in [5.74, 6) is 0. The van der Waals surface area contributed by atoms with Crippen molar-refractivity contribution >= 4 is 0 Å². The van der Waals surface area contributed by atoms with Crippen molar-refractivity contribution in [2.75, 3.05) is 32.7 Å². The van der Waals surface area contributed by atoms with Gasteiger partial charge in [0.25, 0.3) is 0 Å². The van der Waals surface area contributed by atoms with Crippen LogP contribution in [0.2, 0.25) is 0 Å². The van der Waals surface area contributed by atoms with Crippen molar-refractivity contribution < 1.29 is 0 Å². The summed E-state index contributed by atoms with van der Waals surface area (Å²) in [5.41, 5.74) is 1.41. The maximum Gasteiger partial charge on any atom is 0.0472 e. The van der Waals surface area contributed by atoms with Crippen LogP contribution in [0.25, 0.3) is 0 Å². The topological polar surface area (TPSA) is 18.5 Å². The van der Waals surface area contributed by atoms with E-state index in [2.05, 4.69) is 42.8 Å². The highest BCUT2D eigenvalue weighted by Gasteiger charge is 2.49. The van der Waals surface area contributed by atoms with E-state index in [1.807, 2.05) is 0 Å². The predicted molar refractivity (Wildman–Crippen MR) is 89.7 cm³/mol. The van der Waals surface area contributed by atoms with Crippen LogP contribution in [0.1, 0.15) is 59.8 Å². The fourth-order valence-corrected chi connectivity index (χ4v) is 4.43. The van der Waals surface area contributed by atoms with E-state index in [0.717, 1.165) is 17.5 Å². The molecule has 3 nitrogen and oxygen atoms in total. The van der Waals surface area contributed by atoms with Crippen molar-refractivity contribution in [3.63, 3.8) is 0 Å². The van der Waals surface area contributed by atoms with Gasteiger partial charge in [-0.2, -0.15) is 0 Å². The Labute approximate surface area is 131 Å². The molecule has 0 aromatic heterocycles. The average Bonchev–Trinajstić information content (AvgIpc) is 3.05. The SMILES string of the molecule is CC(C)N1CCC12CNC2.CC(C)N1CCCC2(CC2)C1. The molecule has 4 aliphatic rings. The van der Waals surface area contributed by atoms with Gasteiger partial charge in [-0.25, -0.2) is 0 Å². The minimum Gasteiger partial charge on any atom is -0.313 e. The molecule has 0 bridgehead atoms. The molecule has 21 heavy (non-hydrogen) atoms. The van der Waals surface area contributed by atoms with Gasteiger partial charge in [-0.3, -0.25) is 4.90 Å². The van der Waals surface area contributed by atoms with Gasteiger partial charge in [-0.05, 0) is 71.8 Å². The summed E-state index contributed by atoms with van der Waals surface area (Å²) in [4.78, 5) is 5.26. The van der Waals surface area contributed by atoms with Crippen molar-refractivity contribution in [2.45, 2.75) is 77.4 Å². The van der Waals surface area contributed by atoms with Crippen LogP contribution in [0.5, 0.6) is 0 Å². The molecule has 0 radical (unpaired) electrons. The normalized spacial score (nSPS) is 30.0. The maximum atomic E-state index is 3.35. The van der Waals surface area contributed by atoms with Crippen molar-refractivity contribution in [3.8, 4) is 0 Å². The van der Waals surface area contributed by atoms with Gasteiger partial charge >= 0.3 is 0 Å². The summed E-state index contributed by atoms with van der Waals surface area (Å²) in [6.45, 7) is 15.7. The van der Waals surface area contributed by atoms with Gasteiger partial charge in [-0.15, -0.1) is 0 Å². The second kappa shape index (κ2) is 5.82. The van der Waals surface area contributed by atoms with Crippen molar-refractivity contribution in [2.24, 2.45) is 5.41 Å². The van der Waals surface area contributed by atoms with Gasteiger partial charge in [0.2, 0.25) is 0 Å². The van der Waals surface area contributed by atoms with E-state index < -0.39 is 0 Å². The highest BCUT2D eigenvalue weighted by Crippen LogP contribution is 2.52. The molecule has 3 aliphatic heterocycles. The standard InChI is InChI=1S/C10H19N.C8H16N2/c1-9(2)11-7-3-4-10(8-11)5-6-10;1-7(2)10-4-3-8(10)5-9-6-8/h9H,3-8H2,1-2H3;7,9H,3-6H2,1-2H3. The first-order valence-electron chi connectivity index (χ1n) is 9.18. The molecule has 0 aromatic carbocycles. The van der Waals surface area contributed by atoms with Crippen molar-refractivity contribution in [3.05, 3.63) is 0 Å². The van der Waals surface area contributed by atoms with Crippen LogP contribution >= 0.6 is 0 Å². The number of hydrogen-bond donors (Lipinski definition) is 1. The van der Waals surface area contributed by atoms with Crippen LogP contribution in [0.3, 0.4) is 0 Å². The molecule has 0 atom stereocenters. The molecule has 3 saturated heterocycles. The van der Waals surface area contributed by atoms with E-state index in [1.165, 1.54) is 64.8 Å². The Hall–Kier alpha value is -0.120. The van der Waals surface area contributed by atoms with Gasteiger partial charge in [0.15, 0.2) is 0 Å². The molecule has 0 aromatic rings. The van der Waals surface area contributed by atoms with Gasteiger partial charge in [0.05, 0.1) is 0 Å². The molecule has 1 N–H and O–H groups in total. The summed E-state index contributed by atoms with van der Waals surface area (Å²) in [6, 6.07) is 1.52. The Balaban J connectivity index is 0.000000126. The fourth-order valence-electron chi connectivity index (χ4n) is 4.43. The molecular weight excluding hydrogens is 258 g/mol. The van der Waals surface area contributed by atoms with Gasteiger partial charge in [0.1, 0.15) is 0 Å². The molecule has 1 saturated carbocycles. The van der Waals surface area contributed by atoms with E-state index in [4.69, 9.17) is 0 Å². The van der Waals surface area contributed by atoms with E-state index in [1.54, 1.807) is 0 Å². The number of piperidine rings is 1. The zero-order chi connectivity index (χ0) is 15.1. The Morgan fingerprint density at radius 3 is 1.90 bits per heavy atom. The van der Waals surface area contributed by atoms with Crippen LogP contribution < -0.4 is 5.32 Å². The van der Waals surface area contributed by atoms with Crippen LogP contribution in [0.15, 0.2) is 0 Å². The molecule has 4 rings (SSSR count). The lowest BCUT2D eigenvalue weighted by Gasteiger charge is -2.60. The zero-order valence-corrected chi connectivity index (χ0v) is 14.6. The third-order valence-electron chi connectivity index (χ3n) is 6.34. The van der Waals surface area contributed by atoms with E-state index in [0.29, 0.717) is 5.54 Å². The van der Waals surface area contributed by atoms with Gasteiger partial charge < -0.3 is 10.2 Å². The van der Waals surface area contributed by atoms with Crippen LogP contribution in [-0.2, 0) is 0 Å². The maximum absolute atomic E-state index is 3.35. The largest absolute Gasteiger partial charge is 0.313 e. The zero-order valence-electron chi connectivity index (χ0n) is 14.6. The predicted octanol–water partition coefficient (Wildman–Crippen LogP) is 2.71. The minimum atomic E-state index is 0.605. The molecule has 2 spiro atoms. The Morgan fingerprint density at radius 2 is 1.57 bits per heavy atom. The van der Waals surface area contributed by atoms with Gasteiger partial charge in [-0.1, -0.05) is 0 Å². The summed E-state index contributed by atoms with van der Waals surface area (Å²) in [6.07, 6.45) is 7.39. The monoisotopic (exact) mass is 293 g/mol. The van der Waals surface area contributed by atoms with Crippen molar-refractivity contribution in [1.29, 1.82) is 0 Å². The summed E-state index contributed by atoms with van der Waals surface area (Å²) in [7, 11) is 0. The molecular formula is C18H35N3. The Kier molecular flexibility index (Phi) is 4.37. The lowest BCUT2D eigenvalue weighted by molar-refractivity contribution is -0.0742. The second-order valence-electron chi connectivity index (χ2n) is 8.53. The molecule has 3 heterocycles. The third kappa shape index (κ3) is 3.16. The number of nitrogens with one attached hydrogen (secondary N) is 1. The molecule has 1 aliphatic carbocycles. The summed E-state index contributed by atoms with van der Waals surface area (Å²) < 4.78 is 0. The fraction of sp³-hybridized carbons (Fsp3) is 1.00.